The number of rotatable bonds is 25. The second-order valence-electron chi connectivity index (χ2n) is 24.8. The lowest BCUT2D eigenvalue weighted by atomic mass is 9.85. The first kappa shape index (κ1) is 56.5. The van der Waals surface area contributed by atoms with Gasteiger partial charge in [-0.15, -0.1) is 0 Å². The number of nitrogens with zero attached hydrogens (tertiary/aromatic N) is 7. The third-order valence-corrected chi connectivity index (χ3v) is 18.2. The van der Waals surface area contributed by atoms with Crippen LogP contribution < -0.4 is 10.6 Å². The maximum atomic E-state index is 13.9. The molecule has 4 aliphatic rings. The fourth-order valence-corrected chi connectivity index (χ4v) is 12.5. The quantitative estimate of drug-likeness (QED) is 0.0371. The van der Waals surface area contributed by atoms with E-state index in [4.69, 9.17) is 9.84 Å². The molecule has 2 aromatic carbocycles. The fraction of sp³-hybridized carbons (Fsp3) is 0.548. The number of carbonyl (C=O) groups excluding carboxylic acids is 4. The van der Waals surface area contributed by atoms with Crippen LogP contribution in [0.4, 0.5) is 0 Å². The van der Waals surface area contributed by atoms with Crippen LogP contribution in [0.2, 0.25) is 25.7 Å². The Balaban J connectivity index is 0.000000193. The summed E-state index contributed by atoms with van der Waals surface area (Å²) in [6.07, 6.45) is 13.1. The van der Waals surface area contributed by atoms with Crippen molar-refractivity contribution in [2.45, 2.75) is 176 Å². The Morgan fingerprint density at radius 3 is 1.41 bits per heavy atom. The van der Waals surface area contributed by atoms with Gasteiger partial charge < -0.3 is 15.4 Å². The van der Waals surface area contributed by atoms with Gasteiger partial charge in [0.1, 0.15) is 18.1 Å². The maximum Gasteiger partial charge on any atom is 0.270 e. The van der Waals surface area contributed by atoms with Crippen molar-refractivity contribution in [2.75, 3.05) is 6.61 Å². The third-order valence-electron chi connectivity index (χ3n) is 16.4. The summed E-state index contributed by atoms with van der Waals surface area (Å²) in [5, 5.41) is 27.1. The second-order valence-corrected chi connectivity index (χ2v) is 30.4. The summed E-state index contributed by atoms with van der Waals surface area (Å²) in [7, 11) is -1.13. The smallest absolute Gasteiger partial charge is 0.270 e. The highest BCUT2D eigenvalue weighted by Gasteiger charge is 2.49. The van der Waals surface area contributed by atoms with Crippen molar-refractivity contribution < 1.29 is 23.9 Å². The molecule has 78 heavy (non-hydrogen) atoms. The largest absolute Gasteiger partial charge is 0.360 e. The Morgan fingerprint density at radius 1 is 0.615 bits per heavy atom. The average molecular weight is 1080 g/mol. The first-order chi connectivity index (χ1) is 37.3. The van der Waals surface area contributed by atoms with Gasteiger partial charge in [0.2, 0.25) is 0 Å². The van der Waals surface area contributed by atoms with E-state index in [1.807, 2.05) is 77.4 Å². The van der Waals surface area contributed by atoms with E-state index in [1.165, 1.54) is 0 Å². The van der Waals surface area contributed by atoms with Gasteiger partial charge in [0.15, 0.2) is 11.6 Å². The molecule has 10 rings (SSSR count). The van der Waals surface area contributed by atoms with E-state index in [0.29, 0.717) is 54.6 Å². The first-order valence-electron chi connectivity index (χ1n) is 28.8. The lowest BCUT2D eigenvalue weighted by Gasteiger charge is -2.27. The molecule has 15 nitrogen and oxygen atoms in total. The van der Waals surface area contributed by atoms with Gasteiger partial charge >= 0.3 is 0 Å². The molecule has 2 amide bonds. The van der Waals surface area contributed by atoms with Gasteiger partial charge in [-0.05, 0) is 183 Å². The van der Waals surface area contributed by atoms with Gasteiger partial charge in [-0.2, -0.15) is 20.4 Å². The zero-order chi connectivity index (χ0) is 55.6. The molecule has 4 aliphatic carbocycles. The molecule has 0 saturated heterocycles. The van der Waals surface area contributed by atoms with Crippen molar-refractivity contribution in [1.29, 1.82) is 0 Å². The zero-order valence-electron chi connectivity index (χ0n) is 48.1. The molecule has 4 saturated carbocycles. The molecule has 2 atom stereocenters. The van der Waals surface area contributed by atoms with E-state index in [-0.39, 0.29) is 47.3 Å². The van der Waals surface area contributed by atoms with Gasteiger partial charge in [0, 0.05) is 74.5 Å². The lowest BCUT2D eigenvalue weighted by Crippen LogP contribution is -2.48. The molecule has 16 heteroatoms. The molecule has 3 N–H and O–H groups in total. The predicted octanol–water partition coefficient (Wildman–Crippen LogP) is 11.4. The van der Waals surface area contributed by atoms with Crippen LogP contribution >= 0.6 is 0 Å². The normalized spacial score (nSPS) is 16.4. The van der Waals surface area contributed by atoms with Gasteiger partial charge in [-0.25, -0.2) is 4.68 Å². The van der Waals surface area contributed by atoms with Crippen LogP contribution in [0.15, 0.2) is 73.1 Å². The van der Waals surface area contributed by atoms with Crippen LogP contribution in [-0.2, 0) is 33.9 Å². The monoisotopic (exact) mass is 1080 g/mol. The third kappa shape index (κ3) is 13.8. The highest BCUT2D eigenvalue weighted by molar-refractivity contribution is 6.76. The molecule has 4 fully saturated rings. The van der Waals surface area contributed by atoms with Crippen LogP contribution in [0.25, 0.3) is 22.3 Å². The predicted molar refractivity (Wildman–Crippen MR) is 308 cm³/mol. The minimum atomic E-state index is -1.13. The number of carbonyl (C=O) groups is 4. The van der Waals surface area contributed by atoms with Crippen molar-refractivity contribution in [1.82, 2.24) is 50.2 Å². The second kappa shape index (κ2) is 24.0. The summed E-state index contributed by atoms with van der Waals surface area (Å²) in [6.45, 7) is 24.4. The highest BCUT2D eigenvalue weighted by Crippen LogP contribution is 2.52. The number of hydrogen-bond donors (Lipinski definition) is 3. The molecule has 0 aliphatic heterocycles. The number of ketones is 2. The van der Waals surface area contributed by atoms with Crippen molar-refractivity contribution in [2.24, 2.45) is 35.5 Å². The van der Waals surface area contributed by atoms with E-state index < -0.39 is 20.2 Å². The Morgan fingerprint density at radius 2 is 1.04 bits per heavy atom. The van der Waals surface area contributed by atoms with Crippen molar-refractivity contribution in [3.63, 3.8) is 0 Å². The van der Waals surface area contributed by atoms with Gasteiger partial charge in [-0.1, -0.05) is 68.2 Å². The van der Waals surface area contributed by atoms with E-state index in [0.717, 1.165) is 120 Å². The molecule has 0 spiro atoms. The number of ether oxygens (including phenoxy) is 1. The standard InChI is InChI=1S/C34H49N5O3Si.C28H35N5O2/c1-22(2)39-29(16-17-35-39)34(41)36-33(32(27-12-13-27)28-14-15-28)30(40)20-25-8-10-26(11-9-25)31-23(3)37-38(24(31)4)21-42-18-19-43(5,6)7;1-16(2)33-23(13-14-29-33)28(35)30-27(26(21-9-10-21)22-11-12-22)24(34)15-19-5-7-20(8-6-19)25-17(3)31-32-18(25)4/h8-11,16-17,22,27-28,32-33H,12-15,18-21H2,1-7H3,(H,36,41);5-8,13-14,16,21-22,26-27H,9-12,15H2,1-4H3,(H,30,35)(H,31,32)/t33-;27-/m11/s1. The minimum absolute atomic E-state index is 0.0629. The highest BCUT2D eigenvalue weighted by atomic mass is 28.3. The van der Waals surface area contributed by atoms with Crippen molar-refractivity contribution >= 4 is 31.5 Å². The van der Waals surface area contributed by atoms with Crippen molar-refractivity contribution in [3.05, 3.63) is 118 Å². The topological polar surface area (TPSA) is 184 Å². The number of H-pyrrole nitrogens is 1. The number of aromatic nitrogens is 8. The van der Waals surface area contributed by atoms with Gasteiger partial charge in [-0.3, -0.25) is 33.6 Å². The Bertz CT molecular complexity index is 3010. The van der Waals surface area contributed by atoms with E-state index in [2.05, 4.69) is 81.9 Å². The number of hydrogen-bond acceptors (Lipinski definition) is 9. The molecule has 4 heterocycles. The summed E-state index contributed by atoms with van der Waals surface area (Å²) >= 11 is 0. The van der Waals surface area contributed by atoms with Gasteiger partial charge in [0.25, 0.3) is 11.8 Å². The molecule has 6 aromatic rings. The number of aromatic amines is 1. The van der Waals surface area contributed by atoms with E-state index in [1.54, 1.807) is 33.9 Å². The first-order valence-corrected chi connectivity index (χ1v) is 32.5. The SMILES string of the molecule is Cc1n[nH]c(C)c1-c1ccc(CC(=O)[C@@H](NC(=O)c2ccnn2C(C)C)C(C2CC2)C2CC2)cc1.Cc1nn(COCC[Si](C)(C)C)c(C)c1-c1ccc(CC(=O)[C@@H](NC(=O)c2ccnn2C(C)C)C(C2CC2)C2CC2)cc1. The summed E-state index contributed by atoms with van der Waals surface area (Å²) in [5.41, 5.74) is 11.4. The van der Waals surface area contributed by atoms with E-state index >= 15 is 0 Å². The van der Waals surface area contributed by atoms with Crippen LogP contribution in [0.3, 0.4) is 0 Å². The average Bonchev–Trinajstić information content (AvgIpc) is 4.28. The van der Waals surface area contributed by atoms with E-state index in [9.17, 15) is 19.2 Å². The molecular formula is C62H84N10O5Si. The Labute approximate surface area is 462 Å². The molecule has 0 radical (unpaired) electrons. The van der Waals surface area contributed by atoms with Crippen LogP contribution in [-0.4, -0.2) is 89.7 Å². The molecule has 416 valence electrons. The summed E-state index contributed by atoms with van der Waals surface area (Å²) in [6, 6.07) is 20.2. The fourth-order valence-electron chi connectivity index (χ4n) is 11.8. The number of Topliss-reactive ketones (excluding diaryl/α,β-unsaturated/α-hetero) is 2. The van der Waals surface area contributed by atoms with Crippen LogP contribution in [0.1, 0.15) is 146 Å². The molecule has 0 bridgehead atoms. The van der Waals surface area contributed by atoms with Crippen molar-refractivity contribution in [3.8, 4) is 22.3 Å². The number of aryl methyl sites for hydroxylation is 3. The summed E-state index contributed by atoms with van der Waals surface area (Å²) < 4.78 is 11.4. The van der Waals surface area contributed by atoms with Crippen LogP contribution in [0, 0.1) is 63.2 Å². The Kier molecular flexibility index (Phi) is 17.4. The number of nitrogens with one attached hydrogen (secondary N) is 3. The summed E-state index contributed by atoms with van der Waals surface area (Å²) in [5.74, 6) is 2.37. The number of benzene rings is 2. The summed E-state index contributed by atoms with van der Waals surface area (Å²) in [4.78, 5) is 54.4. The van der Waals surface area contributed by atoms with Crippen LogP contribution in [0.5, 0.6) is 0 Å². The number of amides is 2. The van der Waals surface area contributed by atoms with Gasteiger partial charge in [0.05, 0.1) is 23.5 Å². The minimum Gasteiger partial charge on any atom is -0.360 e. The maximum absolute atomic E-state index is 13.9. The molecule has 0 unspecified atom stereocenters. The molecular weight excluding hydrogens is 993 g/mol. The zero-order valence-corrected chi connectivity index (χ0v) is 49.1. The lowest BCUT2D eigenvalue weighted by molar-refractivity contribution is -0.122. The molecule has 4 aromatic heterocycles. The Hall–Kier alpha value is -6.26.